The van der Waals surface area contributed by atoms with Gasteiger partial charge in [-0.3, -0.25) is 4.79 Å². The molecule has 0 aromatic heterocycles. The Balaban J connectivity index is 1.52. The van der Waals surface area contributed by atoms with E-state index in [2.05, 4.69) is 0 Å². The number of carbonyl (C=O) groups excluding carboxylic acids is 3. The molecule has 0 amide bonds. The molecule has 2 aliphatic carbocycles. The second-order valence-electron chi connectivity index (χ2n) is 12.3. The van der Waals surface area contributed by atoms with Crippen LogP contribution in [0.25, 0.3) is 0 Å². The minimum absolute atomic E-state index is 0.0285. The van der Waals surface area contributed by atoms with Gasteiger partial charge in [-0.15, -0.1) is 0 Å². The Kier molecular flexibility index (Phi) is 3.95. The monoisotopic (exact) mass is 476 g/mol. The Hall–Kier alpha value is -1.81. The summed E-state index contributed by atoms with van der Waals surface area (Å²) in [6.45, 7) is 11.2. The van der Waals surface area contributed by atoms with E-state index in [0.717, 1.165) is 0 Å². The van der Waals surface area contributed by atoms with Crippen molar-refractivity contribution >= 4 is 17.7 Å². The first-order valence-electron chi connectivity index (χ1n) is 12.0. The molecule has 2 N–H and O–H groups in total. The molecule has 10 unspecified atom stereocenters. The number of rotatable bonds is 1. The number of cyclic esters (lactones) is 2. The summed E-state index contributed by atoms with van der Waals surface area (Å²) in [6.07, 6.45) is -0.898. The van der Waals surface area contributed by atoms with Crippen molar-refractivity contribution in [3.05, 3.63) is 11.6 Å². The average molecular weight is 477 g/mol. The molecule has 186 valence electrons. The molecule has 0 radical (unpaired) electrons. The van der Waals surface area contributed by atoms with Crippen molar-refractivity contribution in [1.29, 1.82) is 0 Å². The second kappa shape index (κ2) is 5.94. The van der Waals surface area contributed by atoms with E-state index in [1.54, 1.807) is 6.92 Å². The number of Topliss-reactive ketones (excluding diaryl/α,β-unsaturated/α-hetero) is 1. The fourth-order valence-corrected chi connectivity index (χ4v) is 9.09. The second-order valence-corrected chi connectivity index (χ2v) is 12.3. The fourth-order valence-electron chi connectivity index (χ4n) is 9.09. The third-order valence-corrected chi connectivity index (χ3v) is 10.7. The summed E-state index contributed by atoms with van der Waals surface area (Å²) in [5, 5.41) is 21.4. The van der Waals surface area contributed by atoms with Gasteiger partial charge in [0.1, 0.15) is 17.5 Å². The van der Waals surface area contributed by atoms with E-state index in [9.17, 15) is 24.6 Å². The van der Waals surface area contributed by atoms with Gasteiger partial charge in [0.2, 0.25) is 6.29 Å². The Morgan fingerprint density at radius 3 is 2.26 bits per heavy atom. The topological polar surface area (TPSA) is 132 Å². The predicted molar refractivity (Wildman–Crippen MR) is 114 cm³/mol. The van der Waals surface area contributed by atoms with Crippen LogP contribution in [0.15, 0.2) is 11.6 Å². The number of ether oxygens (including phenoxy) is 4. The molecule has 5 fully saturated rings. The number of hydrogen-bond acceptors (Lipinski definition) is 9. The van der Waals surface area contributed by atoms with Crippen molar-refractivity contribution in [3.8, 4) is 0 Å². The van der Waals surface area contributed by atoms with Crippen LogP contribution in [0, 0.1) is 28.1 Å². The third kappa shape index (κ3) is 2.12. The lowest BCUT2D eigenvalue weighted by Gasteiger charge is -2.64. The summed E-state index contributed by atoms with van der Waals surface area (Å²) in [7, 11) is 0. The molecule has 1 spiro atoms. The van der Waals surface area contributed by atoms with Gasteiger partial charge < -0.3 is 29.2 Å². The number of esters is 2. The lowest BCUT2D eigenvalue weighted by Crippen LogP contribution is -2.73. The van der Waals surface area contributed by atoms with Crippen LogP contribution in [0.4, 0.5) is 0 Å². The standard InChI is InChI=1S/C25H32O9/c1-20(2)13-10-14(26)23(5)12(22(13,4)24(6,30)34-20)7-8-21(3)16(11-9-15(27)31-18(11)28)32-19(29)17-25(21,23)33-17/h9,12-13,15-17,27,30H,7-8,10H2,1-6H3. The van der Waals surface area contributed by atoms with Gasteiger partial charge in [0.25, 0.3) is 0 Å². The molecule has 4 aliphatic heterocycles. The van der Waals surface area contributed by atoms with Gasteiger partial charge in [0.05, 0.1) is 16.6 Å². The fraction of sp³-hybridized carbons (Fsp3) is 0.800. The largest absolute Gasteiger partial charge is 0.454 e. The van der Waals surface area contributed by atoms with Gasteiger partial charge in [-0.05, 0) is 52.5 Å². The van der Waals surface area contributed by atoms with Crippen LogP contribution in [0.1, 0.15) is 60.8 Å². The van der Waals surface area contributed by atoms with Gasteiger partial charge >= 0.3 is 11.9 Å². The summed E-state index contributed by atoms with van der Waals surface area (Å²) < 4.78 is 23.0. The van der Waals surface area contributed by atoms with Crippen LogP contribution in [0.3, 0.4) is 0 Å². The predicted octanol–water partition coefficient (Wildman–Crippen LogP) is 1.39. The quantitative estimate of drug-likeness (QED) is 0.425. The van der Waals surface area contributed by atoms with Gasteiger partial charge in [0, 0.05) is 23.2 Å². The summed E-state index contributed by atoms with van der Waals surface area (Å²) in [5.41, 5.74) is -4.65. The summed E-state index contributed by atoms with van der Waals surface area (Å²) in [5.74, 6) is -3.44. The van der Waals surface area contributed by atoms with Gasteiger partial charge in [-0.25, -0.2) is 9.59 Å². The molecule has 6 aliphatic rings. The van der Waals surface area contributed by atoms with Crippen molar-refractivity contribution in [2.45, 2.75) is 96.3 Å². The zero-order valence-corrected chi connectivity index (χ0v) is 20.3. The molecule has 0 aromatic rings. The zero-order chi connectivity index (χ0) is 24.9. The molecular weight excluding hydrogens is 444 g/mol. The molecular formula is C25H32O9. The number of carbonyl (C=O) groups is 3. The van der Waals surface area contributed by atoms with Crippen LogP contribution in [0.5, 0.6) is 0 Å². The normalized spacial score (nSPS) is 57.0. The van der Waals surface area contributed by atoms with Gasteiger partial charge in [-0.1, -0.05) is 13.8 Å². The molecule has 34 heavy (non-hydrogen) atoms. The summed E-state index contributed by atoms with van der Waals surface area (Å²) >= 11 is 0. The molecule has 4 heterocycles. The van der Waals surface area contributed by atoms with E-state index in [4.69, 9.17) is 18.9 Å². The van der Waals surface area contributed by atoms with Crippen molar-refractivity contribution in [2.75, 3.05) is 0 Å². The maximum absolute atomic E-state index is 14.1. The molecule has 3 saturated heterocycles. The number of aliphatic hydroxyl groups is 2. The Morgan fingerprint density at radius 1 is 0.971 bits per heavy atom. The number of epoxide rings is 1. The smallest absolute Gasteiger partial charge is 0.340 e. The molecule has 0 aromatic carbocycles. The van der Waals surface area contributed by atoms with Crippen LogP contribution in [-0.2, 0) is 33.3 Å². The van der Waals surface area contributed by atoms with E-state index in [1.807, 2.05) is 34.6 Å². The first kappa shape index (κ1) is 22.6. The molecule has 0 bridgehead atoms. The first-order valence-corrected chi connectivity index (χ1v) is 12.0. The van der Waals surface area contributed by atoms with E-state index < -0.39 is 63.7 Å². The highest BCUT2D eigenvalue weighted by molar-refractivity contribution is 5.96. The lowest BCUT2D eigenvalue weighted by atomic mass is 9.37. The SMILES string of the molecule is CC1(C)OC(C)(O)C2(C)C1CC(=O)C1(C)C2CCC2(C)C(C3=CC(O)OC3=O)OC(=O)C3OC321. The minimum atomic E-state index is -1.49. The molecule has 2 saturated carbocycles. The van der Waals surface area contributed by atoms with Crippen LogP contribution < -0.4 is 0 Å². The van der Waals surface area contributed by atoms with E-state index >= 15 is 0 Å². The highest BCUT2D eigenvalue weighted by Crippen LogP contribution is 2.79. The number of ketones is 1. The Labute approximate surface area is 197 Å². The Bertz CT molecular complexity index is 1080. The first-order chi connectivity index (χ1) is 15.6. The summed E-state index contributed by atoms with van der Waals surface area (Å²) in [6, 6.07) is 0. The number of aliphatic hydroxyl groups excluding tert-OH is 1. The third-order valence-electron chi connectivity index (χ3n) is 10.7. The average Bonchev–Trinajstić information content (AvgIpc) is 3.37. The highest BCUT2D eigenvalue weighted by Gasteiger charge is 2.90. The minimum Gasteiger partial charge on any atom is -0.454 e. The van der Waals surface area contributed by atoms with Crippen LogP contribution in [0.2, 0.25) is 0 Å². The van der Waals surface area contributed by atoms with Gasteiger partial charge in [-0.2, -0.15) is 0 Å². The van der Waals surface area contributed by atoms with E-state index in [1.165, 1.54) is 6.08 Å². The van der Waals surface area contributed by atoms with Gasteiger partial charge in [0.15, 0.2) is 11.9 Å². The zero-order valence-electron chi connectivity index (χ0n) is 20.3. The number of hydrogen-bond donors (Lipinski definition) is 2. The van der Waals surface area contributed by atoms with E-state index in [0.29, 0.717) is 12.8 Å². The van der Waals surface area contributed by atoms with E-state index in [-0.39, 0.29) is 29.6 Å². The highest BCUT2D eigenvalue weighted by atomic mass is 16.7. The maximum Gasteiger partial charge on any atom is 0.340 e. The van der Waals surface area contributed by atoms with Crippen LogP contribution in [-0.4, -0.2) is 63.4 Å². The molecule has 9 heteroatoms. The number of fused-ring (bicyclic) bond motifs is 3. The van der Waals surface area contributed by atoms with Crippen molar-refractivity contribution in [3.63, 3.8) is 0 Å². The van der Waals surface area contributed by atoms with Crippen molar-refractivity contribution in [1.82, 2.24) is 0 Å². The molecule has 10 atom stereocenters. The molecule has 9 nitrogen and oxygen atoms in total. The maximum atomic E-state index is 14.1. The van der Waals surface area contributed by atoms with Crippen LogP contribution >= 0.6 is 0 Å². The molecule has 6 rings (SSSR count). The Morgan fingerprint density at radius 2 is 1.65 bits per heavy atom. The van der Waals surface area contributed by atoms with Crippen molar-refractivity contribution in [2.24, 2.45) is 28.1 Å². The van der Waals surface area contributed by atoms with Crippen molar-refractivity contribution < 1.29 is 43.5 Å². The lowest BCUT2D eigenvalue weighted by molar-refractivity contribution is -0.271. The summed E-state index contributed by atoms with van der Waals surface area (Å²) in [4.78, 5) is 39.7.